The summed E-state index contributed by atoms with van der Waals surface area (Å²) in [7, 11) is 2.54. The summed E-state index contributed by atoms with van der Waals surface area (Å²) in [6.07, 6.45) is -6.19. The number of primary amides is 1. The maximum absolute atomic E-state index is 14.4. The molecule has 1 aliphatic heterocycles. The van der Waals surface area contributed by atoms with Gasteiger partial charge in [0.1, 0.15) is 17.6 Å². The Kier molecular flexibility index (Phi) is 9.63. The summed E-state index contributed by atoms with van der Waals surface area (Å²) in [6, 6.07) is 6.94. The molecule has 9 nitrogen and oxygen atoms in total. The molecule has 228 valence electrons. The van der Waals surface area contributed by atoms with Crippen LogP contribution in [0.5, 0.6) is 11.5 Å². The van der Waals surface area contributed by atoms with Gasteiger partial charge in [-0.25, -0.2) is 8.78 Å². The number of aliphatic hydroxyl groups is 1. The summed E-state index contributed by atoms with van der Waals surface area (Å²) >= 11 is 0. The first-order chi connectivity index (χ1) is 19.6. The number of hydrogen-bond donors (Lipinski definition) is 3. The number of carbonyl (C=O) groups excluding carboxylic acids is 2. The quantitative estimate of drug-likeness (QED) is 0.336. The number of nitrogens with one attached hydrogen (secondary N) is 1. The van der Waals surface area contributed by atoms with E-state index >= 15 is 0 Å². The van der Waals surface area contributed by atoms with Crippen LogP contribution in [0.4, 0.5) is 22.0 Å². The summed E-state index contributed by atoms with van der Waals surface area (Å²) in [5, 5.41) is 13.0. The van der Waals surface area contributed by atoms with E-state index in [0.29, 0.717) is 0 Å². The topological polar surface area (TPSA) is 132 Å². The molecule has 3 atom stereocenters. The van der Waals surface area contributed by atoms with E-state index in [-0.39, 0.29) is 40.3 Å². The van der Waals surface area contributed by atoms with E-state index in [9.17, 15) is 36.6 Å². The van der Waals surface area contributed by atoms with Crippen LogP contribution in [0.15, 0.2) is 53.2 Å². The molecule has 0 aliphatic carbocycles. The van der Waals surface area contributed by atoms with E-state index in [1.165, 1.54) is 39.3 Å². The zero-order valence-corrected chi connectivity index (χ0v) is 23.1. The third-order valence-corrected chi connectivity index (χ3v) is 6.76. The maximum atomic E-state index is 14.4. The second kappa shape index (κ2) is 12.4. The van der Waals surface area contributed by atoms with Crippen molar-refractivity contribution in [1.29, 1.82) is 0 Å². The van der Waals surface area contributed by atoms with Crippen molar-refractivity contribution in [3.8, 4) is 11.5 Å². The zero-order chi connectivity index (χ0) is 31.5. The van der Waals surface area contributed by atoms with Crippen molar-refractivity contribution in [2.24, 2.45) is 10.7 Å². The van der Waals surface area contributed by atoms with Crippen molar-refractivity contribution in [2.75, 3.05) is 27.4 Å². The molecule has 3 unspecified atom stereocenters. The van der Waals surface area contributed by atoms with Gasteiger partial charge in [0.05, 0.1) is 25.1 Å². The van der Waals surface area contributed by atoms with Gasteiger partial charge in [0, 0.05) is 24.7 Å². The fourth-order valence-corrected chi connectivity index (χ4v) is 4.20. The predicted octanol–water partition coefficient (Wildman–Crippen LogP) is 3.93. The Morgan fingerprint density at radius 3 is 2.43 bits per heavy atom. The van der Waals surface area contributed by atoms with Gasteiger partial charge in [-0.05, 0) is 49.7 Å². The molecular weight excluding hydrogens is 569 g/mol. The molecule has 0 aromatic heterocycles. The number of nitrogens with zero attached hydrogens (tertiary/aromatic N) is 1. The molecule has 4 N–H and O–H groups in total. The number of amides is 2. The molecule has 0 bridgehead atoms. The first-order valence-corrected chi connectivity index (χ1v) is 12.5. The number of halogens is 5. The van der Waals surface area contributed by atoms with Crippen LogP contribution in [0.25, 0.3) is 0 Å². The van der Waals surface area contributed by atoms with Crippen LogP contribution in [0.3, 0.4) is 0 Å². The number of nitrogens with two attached hydrogens (primary N) is 1. The van der Waals surface area contributed by atoms with E-state index < -0.39 is 60.0 Å². The molecule has 0 radical (unpaired) electrons. The number of carbonyl (C=O) groups is 2. The summed E-state index contributed by atoms with van der Waals surface area (Å²) < 4.78 is 87.1. The van der Waals surface area contributed by atoms with Crippen LogP contribution in [0.2, 0.25) is 0 Å². The first kappa shape index (κ1) is 32.5. The van der Waals surface area contributed by atoms with Crippen LogP contribution in [0, 0.1) is 5.82 Å². The second-order valence-electron chi connectivity index (χ2n) is 9.70. The highest BCUT2D eigenvalue weighted by molar-refractivity contribution is 6.08. The fourth-order valence-electron chi connectivity index (χ4n) is 4.20. The minimum Gasteiger partial charge on any atom is -0.493 e. The highest BCUT2D eigenvalue weighted by Gasteiger charge is 2.58. The maximum Gasteiger partial charge on any atom is 0.424 e. The molecule has 2 aromatic rings. The Balaban J connectivity index is 1.96. The third kappa shape index (κ3) is 6.71. The summed E-state index contributed by atoms with van der Waals surface area (Å²) in [4.78, 5) is 27.9. The molecule has 0 saturated carbocycles. The molecule has 2 aromatic carbocycles. The summed E-state index contributed by atoms with van der Waals surface area (Å²) in [6.45, 7) is 0.819. The lowest BCUT2D eigenvalue weighted by atomic mass is 9.84. The Morgan fingerprint density at radius 1 is 1.17 bits per heavy atom. The molecule has 0 saturated heterocycles. The Hall–Kier alpha value is -4.04. The number of alkyl halides is 4. The average Bonchev–Trinajstić information content (AvgIpc) is 2.94. The van der Waals surface area contributed by atoms with Crippen molar-refractivity contribution in [3.63, 3.8) is 0 Å². The normalized spacial score (nSPS) is 19.2. The van der Waals surface area contributed by atoms with Crippen LogP contribution >= 0.6 is 0 Å². The number of ether oxygens (including phenoxy) is 3. The SMILES string of the molecule is COc1cc(C(=O)NCC(O)(C2=CCC(C)(OC)C(c3ccc(F)c(C(C)F)c3)=N2)C(F)(F)F)ccc1OCC(N)=O. The van der Waals surface area contributed by atoms with Crippen molar-refractivity contribution in [1.82, 2.24) is 5.32 Å². The molecule has 2 amide bonds. The largest absolute Gasteiger partial charge is 0.493 e. The Bertz CT molecular complexity index is 1410. The molecule has 3 rings (SSSR count). The lowest BCUT2D eigenvalue weighted by molar-refractivity contribution is -0.241. The molecule has 1 heterocycles. The van der Waals surface area contributed by atoms with E-state index in [2.05, 4.69) is 10.3 Å². The average molecular weight is 600 g/mol. The number of hydrogen-bond acceptors (Lipinski definition) is 7. The molecule has 0 spiro atoms. The number of benzene rings is 2. The Labute approximate surface area is 238 Å². The highest BCUT2D eigenvalue weighted by Crippen LogP contribution is 2.41. The number of rotatable bonds is 11. The predicted molar refractivity (Wildman–Crippen MR) is 142 cm³/mol. The Morgan fingerprint density at radius 2 is 1.86 bits per heavy atom. The van der Waals surface area contributed by atoms with Gasteiger partial charge in [-0.1, -0.05) is 12.1 Å². The van der Waals surface area contributed by atoms with Gasteiger partial charge in [-0.2, -0.15) is 13.2 Å². The van der Waals surface area contributed by atoms with Crippen LogP contribution < -0.4 is 20.5 Å². The minimum absolute atomic E-state index is 0.000621. The third-order valence-electron chi connectivity index (χ3n) is 6.76. The van der Waals surface area contributed by atoms with Gasteiger partial charge < -0.3 is 30.4 Å². The van der Waals surface area contributed by atoms with Crippen molar-refractivity contribution in [3.05, 3.63) is 70.7 Å². The van der Waals surface area contributed by atoms with Crippen molar-refractivity contribution >= 4 is 17.5 Å². The van der Waals surface area contributed by atoms with Gasteiger partial charge in [0.2, 0.25) is 5.60 Å². The van der Waals surface area contributed by atoms with Gasteiger partial charge in [-0.15, -0.1) is 0 Å². The molecular formula is C28H30F5N3O6. The van der Waals surface area contributed by atoms with Gasteiger partial charge in [-0.3, -0.25) is 14.6 Å². The minimum atomic E-state index is -5.31. The molecule has 14 heteroatoms. The number of aliphatic imine (C=N–C) groups is 1. The fraction of sp³-hybridized carbons (Fsp3) is 0.393. The number of methoxy groups -OCH3 is 2. The second-order valence-corrected chi connectivity index (χ2v) is 9.70. The smallest absolute Gasteiger partial charge is 0.424 e. The lowest BCUT2D eigenvalue weighted by Gasteiger charge is -2.37. The van der Waals surface area contributed by atoms with Crippen LogP contribution in [0.1, 0.15) is 47.9 Å². The monoisotopic (exact) mass is 599 g/mol. The van der Waals surface area contributed by atoms with Crippen molar-refractivity contribution in [2.45, 2.75) is 43.8 Å². The van der Waals surface area contributed by atoms with Gasteiger partial charge >= 0.3 is 6.18 Å². The summed E-state index contributed by atoms with van der Waals surface area (Å²) in [5.41, 5.74) is -1.25. The van der Waals surface area contributed by atoms with Crippen molar-refractivity contribution < 1.29 is 50.9 Å². The van der Waals surface area contributed by atoms with Gasteiger partial charge in [0.25, 0.3) is 11.8 Å². The summed E-state index contributed by atoms with van der Waals surface area (Å²) in [5.74, 6) is -2.56. The molecule has 42 heavy (non-hydrogen) atoms. The zero-order valence-electron chi connectivity index (χ0n) is 23.1. The van der Waals surface area contributed by atoms with Crippen LogP contribution in [-0.2, 0) is 9.53 Å². The first-order valence-electron chi connectivity index (χ1n) is 12.5. The molecule has 0 fully saturated rings. The van der Waals surface area contributed by atoms with E-state index in [1.807, 2.05) is 0 Å². The van der Waals surface area contributed by atoms with Gasteiger partial charge in [0.15, 0.2) is 18.1 Å². The highest BCUT2D eigenvalue weighted by atomic mass is 19.4. The van der Waals surface area contributed by atoms with Crippen LogP contribution in [-0.4, -0.2) is 67.4 Å². The lowest BCUT2D eigenvalue weighted by Crippen LogP contribution is -2.56. The standard InChI is InChI=1S/C28H30F5N3O6/c1-15(29)18-11-16(5-7-19(18)30)24-26(2,41-4)10-9-22(36-24)27(39,28(31,32)33)14-35-25(38)17-6-8-20(21(12-17)40-3)42-13-23(34)37/h5-9,11-12,15,39H,10,13-14H2,1-4H3,(H2,34,37)(H,35,38). The van der Waals surface area contributed by atoms with E-state index in [1.54, 1.807) is 0 Å². The molecule has 1 aliphatic rings. The van der Waals surface area contributed by atoms with E-state index in [0.717, 1.165) is 31.2 Å². The van der Waals surface area contributed by atoms with E-state index in [4.69, 9.17) is 19.9 Å².